The Bertz CT molecular complexity index is 370. The normalized spacial score (nSPS) is 16.4. The summed E-state index contributed by atoms with van der Waals surface area (Å²) in [7, 11) is 1.51. The lowest BCUT2D eigenvalue weighted by Gasteiger charge is -2.13. The summed E-state index contributed by atoms with van der Waals surface area (Å²) in [6.45, 7) is 3.08. The molecule has 17 heavy (non-hydrogen) atoms. The van der Waals surface area contributed by atoms with E-state index < -0.39 is 0 Å². The fourth-order valence-electron chi connectivity index (χ4n) is 1.69. The zero-order valence-electron chi connectivity index (χ0n) is 10.2. The van der Waals surface area contributed by atoms with E-state index >= 15 is 0 Å². The van der Waals surface area contributed by atoms with Crippen LogP contribution in [0.4, 0.5) is 11.9 Å². The van der Waals surface area contributed by atoms with Crippen LogP contribution in [0.3, 0.4) is 0 Å². The number of hydrogen-bond donors (Lipinski definition) is 3. The van der Waals surface area contributed by atoms with Crippen molar-refractivity contribution in [1.29, 1.82) is 0 Å². The van der Waals surface area contributed by atoms with E-state index in [-0.39, 0.29) is 6.01 Å². The molecule has 0 unspecified atom stereocenters. The molecule has 1 fully saturated rings. The highest BCUT2D eigenvalue weighted by Crippen LogP contribution is 2.48. The van der Waals surface area contributed by atoms with Crippen molar-refractivity contribution in [2.45, 2.75) is 26.2 Å². The van der Waals surface area contributed by atoms with Crippen LogP contribution < -0.4 is 21.3 Å². The molecule has 0 saturated heterocycles. The van der Waals surface area contributed by atoms with E-state index in [4.69, 9.17) is 10.6 Å². The maximum Gasteiger partial charge on any atom is 0.322 e. The quantitative estimate of drug-likeness (QED) is 0.497. The minimum atomic E-state index is 0.247. The summed E-state index contributed by atoms with van der Waals surface area (Å²) in [5.74, 6) is 6.06. The molecule has 1 aliphatic carbocycles. The molecular formula is C10H18N6O. The monoisotopic (exact) mass is 238 g/mol. The molecule has 7 heteroatoms. The predicted octanol–water partition coefficient (Wildman–Crippen LogP) is 0.768. The van der Waals surface area contributed by atoms with Crippen molar-refractivity contribution in [2.24, 2.45) is 11.3 Å². The van der Waals surface area contributed by atoms with Crippen molar-refractivity contribution in [3.8, 4) is 6.01 Å². The molecule has 0 spiro atoms. The van der Waals surface area contributed by atoms with Gasteiger partial charge in [-0.2, -0.15) is 15.0 Å². The van der Waals surface area contributed by atoms with E-state index in [1.165, 1.54) is 26.4 Å². The van der Waals surface area contributed by atoms with Gasteiger partial charge in [-0.05, 0) is 24.7 Å². The third-order valence-electron chi connectivity index (χ3n) is 3.26. The number of hydrogen-bond acceptors (Lipinski definition) is 7. The van der Waals surface area contributed by atoms with Gasteiger partial charge < -0.3 is 10.1 Å². The molecule has 7 nitrogen and oxygen atoms in total. The van der Waals surface area contributed by atoms with Crippen LogP contribution in [0.5, 0.6) is 6.01 Å². The lowest BCUT2D eigenvalue weighted by molar-refractivity contribution is 0.379. The number of nitrogens with one attached hydrogen (secondary N) is 2. The van der Waals surface area contributed by atoms with Gasteiger partial charge in [0.15, 0.2) is 0 Å². The summed E-state index contributed by atoms with van der Waals surface area (Å²) in [6, 6.07) is 0.247. The van der Waals surface area contributed by atoms with E-state index in [2.05, 4.69) is 32.6 Å². The number of aromatic nitrogens is 3. The molecule has 0 amide bonds. The maximum atomic E-state index is 5.28. The van der Waals surface area contributed by atoms with E-state index in [1.54, 1.807) is 0 Å². The first-order valence-corrected chi connectivity index (χ1v) is 5.72. The highest BCUT2D eigenvalue weighted by atomic mass is 16.5. The summed E-state index contributed by atoms with van der Waals surface area (Å²) in [5.41, 5.74) is 2.81. The van der Waals surface area contributed by atoms with Crippen LogP contribution in [-0.4, -0.2) is 28.6 Å². The van der Waals surface area contributed by atoms with Gasteiger partial charge in [-0.3, -0.25) is 5.43 Å². The van der Waals surface area contributed by atoms with Crippen LogP contribution >= 0.6 is 0 Å². The van der Waals surface area contributed by atoms with Gasteiger partial charge >= 0.3 is 6.01 Å². The van der Waals surface area contributed by atoms with Gasteiger partial charge in [-0.15, -0.1) is 0 Å². The van der Waals surface area contributed by atoms with E-state index in [0.717, 1.165) is 6.54 Å². The maximum absolute atomic E-state index is 5.28. The Hall–Kier alpha value is -1.63. The lowest BCUT2D eigenvalue weighted by Crippen LogP contribution is -2.18. The molecule has 1 heterocycles. The average molecular weight is 238 g/mol. The van der Waals surface area contributed by atoms with Crippen LogP contribution in [0.25, 0.3) is 0 Å². The van der Waals surface area contributed by atoms with Gasteiger partial charge in [-0.25, -0.2) is 5.84 Å². The van der Waals surface area contributed by atoms with Crippen molar-refractivity contribution in [3.63, 3.8) is 0 Å². The third kappa shape index (κ3) is 2.73. The van der Waals surface area contributed by atoms with Gasteiger partial charge in [-0.1, -0.05) is 6.92 Å². The number of rotatable bonds is 6. The largest absolute Gasteiger partial charge is 0.467 e. The number of ether oxygens (including phenoxy) is 1. The van der Waals surface area contributed by atoms with Crippen molar-refractivity contribution >= 4 is 11.9 Å². The van der Waals surface area contributed by atoms with Crippen LogP contribution in [0.1, 0.15) is 26.2 Å². The molecule has 1 aromatic rings. The number of nitrogen functional groups attached to an aromatic ring is 1. The first-order valence-electron chi connectivity index (χ1n) is 5.72. The van der Waals surface area contributed by atoms with Crippen LogP contribution in [0.2, 0.25) is 0 Å². The van der Waals surface area contributed by atoms with Crippen molar-refractivity contribution in [3.05, 3.63) is 0 Å². The molecular weight excluding hydrogens is 220 g/mol. The molecule has 1 saturated carbocycles. The summed E-state index contributed by atoms with van der Waals surface area (Å²) >= 11 is 0. The number of anilines is 2. The molecule has 4 N–H and O–H groups in total. The fraction of sp³-hybridized carbons (Fsp3) is 0.700. The molecule has 0 bridgehead atoms. The highest BCUT2D eigenvalue weighted by molar-refractivity contribution is 5.35. The number of methoxy groups -OCH3 is 1. The molecule has 0 aromatic carbocycles. The smallest absolute Gasteiger partial charge is 0.322 e. The summed E-state index contributed by atoms with van der Waals surface area (Å²) in [4.78, 5) is 12.2. The van der Waals surface area contributed by atoms with E-state index in [9.17, 15) is 0 Å². The summed E-state index contributed by atoms with van der Waals surface area (Å²) < 4.78 is 4.97. The Morgan fingerprint density at radius 2 is 2.00 bits per heavy atom. The van der Waals surface area contributed by atoms with Gasteiger partial charge in [0, 0.05) is 6.54 Å². The van der Waals surface area contributed by atoms with Gasteiger partial charge in [0.05, 0.1) is 7.11 Å². The Labute approximate surface area is 100 Å². The van der Waals surface area contributed by atoms with E-state index in [0.29, 0.717) is 17.3 Å². The second kappa shape index (κ2) is 4.70. The SMILES string of the molecule is CCC1(CNc2nc(NN)nc(OC)n2)CC1. The summed E-state index contributed by atoms with van der Waals surface area (Å²) in [6.07, 6.45) is 3.70. The summed E-state index contributed by atoms with van der Waals surface area (Å²) in [5, 5.41) is 3.21. The minimum absolute atomic E-state index is 0.247. The second-order valence-electron chi connectivity index (χ2n) is 4.32. The molecule has 1 aliphatic rings. The van der Waals surface area contributed by atoms with Crippen molar-refractivity contribution in [2.75, 3.05) is 24.4 Å². The fourth-order valence-corrected chi connectivity index (χ4v) is 1.69. The van der Waals surface area contributed by atoms with Crippen LogP contribution in [0.15, 0.2) is 0 Å². The van der Waals surface area contributed by atoms with Gasteiger partial charge in [0.25, 0.3) is 0 Å². The predicted molar refractivity (Wildman–Crippen MR) is 64.6 cm³/mol. The second-order valence-corrected chi connectivity index (χ2v) is 4.32. The molecule has 0 radical (unpaired) electrons. The number of nitrogens with zero attached hydrogens (tertiary/aromatic N) is 3. The lowest BCUT2D eigenvalue weighted by atomic mass is 10.0. The Balaban J connectivity index is 2.04. The molecule has 94 valence electrons. The Morgan fingerprint density at radius 1 is 1.29 bits per heavy atom. The van der Waals surface area contributed by atoms with Crippen LogP contribution in [0, 0.1) is 5.41 Å². The zero-order chi connectivity index (χ0) is 12.3. The van der Waals surface area contributed by atoms with E-state index in [1.807, 2.05) is 0 Å². The van der Waals surface area contributed by atoms with Crippen molar-refractivity contribution in [1.82, 2.24) is 15.0 Å². The third-order valence-corrected chi connectivity index (χ3v) is 3.26. The molecule has 2 rings (SSSR count). The number of hydrazine groups is 1. The number of nitrogens with two attached hydrogens (primary N) is 1. The van der Waals surface area contributed by atoms with Crippen molar-refractivity contribution < 1.29 is 4.74 Å². The topological polar surface area (TPSA) is 98.0 Å². The zero-order valence-corrected chi connectivity index (χ0v) is 10.2. The molecule has 1 aromatic heterocycles. The Morgan fingerprint density at radius 3 is 2.53 bits per heavy atom. The van der Waals surface area contributed by atoms with Gasteiger partial charge in [0.2, 0.25) is 11.9 Å². The Kier molecular flexibility index (Phi) is 3.28. The first kappa shape index (κ1) is 11.8. The van der Waals surface area contributed by atoms with Crippen LogP contribution in [-0.2, 0) is 0 Å². The highest BCUT2D eigenvalue weighted by Gasteiger charge is 2.40. The molecule has 0 atom stereocenters. The first-order chi connectivity index (χ1) is 8.21. The average Bonchev–Trinajstić information content (AvgIpc) is 3.16. The molecule has 0 aliphatic heterocycles. The standard InChI is InChI=1S/C10H18N6O/c1-3-10(4-5-10)6-12-7-13-8(16-11)15-9(14-7)17-2/h3-6,11H2,1-2H3,(H2,12,13,14,15,16). The minimum Gasteiger partial charge on any atom is -0.467 e. The van der Waals surface area contributed by atoms with Gasteiger partial charge in [0.1, 0.15) is 0 Å².